The van der Waals surface area contributed by atoms with Crippen LogP contribution in [0, 0.1) is 17.5 Å². The maximum absolute atomic E-state index is 14.1. The van der Waals surface area contributed by atoms with Crippen molar-refractivity contribution in [1.29, 1.82) is 0 Å². The first-order chi connectivity index (χ1) is 11.3. The molecule has 0 aliphatic rings. The molecular weight excluding hydrogens is 328 g/mol. The van der Waals surface area contributed by atoms with Gasteiger partial charge in [0.25, 0.3) is 0 Å². The van der Waals surface area contributed by atoms with Gasteiger partial charge in [0.2, 0.25) is 5.82 Å². The van der Waals surface area contributed by atoms with Crippen LogP contribution in [0.15, 0.2) is 30.3 Å². The minimum atomic E-state index is -1.32. The molecule has 0 spiro atoms. The number of fused-ring (bicyclic) bond motifs is 1. The first-order valence-electron chi connectivity index (χ1n) is 7.20. The van der Waals surface area contributed by atoms with Gasteiger partial charge in [0.15, 0.2) is 11.6 Å². The van der Waals surface area contributed by atoms with Crippen LogP contribution in [0.1, 0.15) is 30.5 Å². The molecule has 0 aliphatic carbocycles. The molecule has 0 saturated heterocycles. The van der Waals surface area contributed by atoms with Crippen molar-refractivity contribution in [3.63, 3.8) is 0 Å². The average molecular weight is 342 g/mol. The summed E-state index contributed by atoms with van der Waals surface area (Å²) in [6.07, 6.45) is 0. The van der Waals surface area contributed by atoms with Gasteiger partial charge >= 0.3 is 24.8 Å². The Morgan fingerprint density at radius 3 is 2.44 bits per heavy atom. The van der Waals surface area contributed by atoms with Crippen LogP contribution in [0.2, 0.25) is 0 Å². The zero-order chi connectivity index (χ0) is 17.6. The fourth-order valence-electron chi connectivity index (χ4n) is 2.76. The Labute approximate surface area is 153 Å². The molecule has 2 aromatic carbocycles. The first kappa shape index (κ1) is 19.1. The van der Waals surface area contributed by atoms with E-state index in [2.05, 4.69) is 4.98 Å². The van der Waals surface area contributed by atoms with Crippen molar-refractivity contribution in [3.05, 3.63) is 53.6 Å². The molecule has 126 valence electrons. The molecule has 0 amide bonds. The van der Waals surface area contributed by atoms with E-state index in [4.69, 9.17) is 0 Å². The van der Waals surface area contributed by atoms with Gasteiger partial charge in [-0.15, -0.1) is 0 Å². The number of para-hydroxylation sites is 1. The molecule has 1 aromatic heterocycles. The molecule has 25 heavy (non-hydrogen) atoms. The molecule has 0 unspecified atom stereocenters. The van der Waals surface area contributed by atoms with E-state index in [0.29, 0.717) is 11.6 Å². The van der Waals surface area contributed by atoms with Gasteiger partial charge in [-0.05, 0) is 26.0 Å². The molecule has 0 atom stereocenters. The molecule has 8 heteroatoms. The molecule has 3 rings (SSSR count). The van der Waals surface area contributed by atoms with Crippen LogP contribution in [0.3, 0.4) is 0 Å². The maximum atomic E-state index is 14.1. The Bertz CT molecular complexity index is 970. The number of carboxylic acids is 1. The summed E-state index contributed by atoms with van der Waals surface area (Å²) in [5.41, 5.74) is 0.449. The van der Waals surface area contributed by atoms with Gasteiger partial charge in [-0.25, -0.2) is 22.9 Å². The minimum absolute atomic E-state index is 0. The standard InChI is InChI=1S/C17H13F3N2O2.Li.H/c1-8(2)22-13-5-3-4-10(15(13)21-16(22)17(23)24)11-6-9(18)7-12(19)14(11)20;;/h3-8H,1-2H3,(H,23,24);;. The average Bonchev–Trinajstić information content (AvgIpc) is 2.90. The predicted octanol–water partition coefficient (Wildman–Crippen LogP) is 3.75. The van der Waals surface area contributed by atoms with E-state index in [1.54, 1.807) is 26.0 Å². The third-order valence-corrected chi connectivity index (χ3v) is 3.71. The summed E-state index contributed by atoms with van der Waals surface area (Å²) in [4.78, 5) is 15.5. The number of hydrogen-bond donors (Lipinski definition) is 1. The van der Waals surface area contributed by atoms with Gasteiger partial charge in [0.05, 0.1) is 11.0 Å². The predicted molar refractivity (Wildman–Crippen MR) is 89.5 cm³/mol. The van der Waals surface area contributed by atoms with Crippen molar-refractivity contribution in [2.75, 3.05) is 0 Å². The molecule has 1 heterocycles. The van der Waals surface area contributed by atoms with E-state index in [1.165, 1.54) is 10.6 Å². The van der Waals surface area contributed by atoms with E-state index in [1.807, 2.05) is 0 Å². The number of halogens is 3. The van der Waals surface area contributed by atoms with E-state index >= 15 is 0 Å². The Balaban J connectivity index is 0.00000225. The first-order valence-corrected chi connectivity index (χ1v) is 7.20. The second-order valence-corrected chi connectivity index (χ2v) is 5.63. The van der Waals surface area contributed by atoms with Crippen LogP contribution < -0.4 is 0 Å². The Hall–Kier alpha value is -2.23. The summed E-state index contributed by atoms with van der Waals surface area (Å²) in [6, 6.07) is 5.74. The number of carbonyl (C=O) groups is 1. The Kier molecular flexibility index (Phi) is 5.30. The van der Waals surface area contributed by atoms with Crippen molar-refractivity contribution < 1.29 is 23.1 Å². The van der Waals surface area contributed by atoms with Crippen molar-refractivity contribution in [2.24, 2.45) is 0 Å². The summed E-state index contributed by atoms with van der Waals surface area (Å²) in [6.45, 7) is 3.56. The number of carboxylic acid groups (broad SMARTS) is 1. The van der Waals surface area contributed by atoms with Crippen LogP contribution in [0.5, 0.6) is 0 Å². The number of benzene rings is 2. The zero-order valence-corrected chi connectivity index (χ0v) is 12.8. The third kappa shape index (κ3) is 3.17. The number of nitrogens with zero attached hydrogens (tertiary/aromatic N) is 2. The Morgan fingerprint density at radius 2 is 1.84 bits per heavy atom. The third-order valence-electron chi connectivity index (χ3n) is 3.71. The van der Waals surface area contributed by atoms with Gasteiger partial charge in [-0.3, -0.25) is 0 Å². The van der Waals surface area contributed by atoms with E-state index in [-0.39, 0.29) is 47.4 Å². The number of imidazole rings is 1. The summed E-state index contributed by atoms with van der Waals surface area (Å²) in [5, 5.41) is 9.34. The number of aromatic nitrogens is 2. The van der Waals surface area contributed by atoms with Crippen LogP contribution in [-0.4, -0.2) is 39.5 Å². The fourth-order valence-corrected chi connectivity index (χ4v) is 2.76. The van der Waals surface area contributed by atoms with E-state index in [9.17, 15) is 23.1 Å². The normalized spacial score (nSPS) is 11.0. The van der Waals surface area contributed by atoms with Crippen LogP contribution in [-0.2, 0) is 0 Å². The molecule has 0 saturated carbocycles. The van der Waals surface area contributed by atoms with E-state index < -0.39 is 23.4 Å². The Morgan fingerprint density at radius 1 is 1.16 bits per heavy atom. The second kappa shape index (κ2) is 6.94. The van der Waals surface area contributed by atoms with Crippen LogP contribution >= 0.6 is 0 Å². The molecule has 1 N–H and O–H groups in total. The van der Waals surface area contributed by atoms with Crippen molar-refractivity contribution in [1.82, 2.24) is 9.55 Å². The molecule has 0 bridgehead atoms. The van der Waals surface area contributed by atoms with Gasteiger partial charge in [0.1, 0.15) is 5.82 Å². The zero-order valence-electron chi connectivity index (χ0n) is 12.8. The van der Waals surface area contributed by atoms with Crippen molar-refractivity contribution in [3.8, 4) is 11.1 Å². The molecule has 3 aromatic rings. The van der Waals surface area contributed by atoms with E-state index in [0.717, 1.165) is 6.07 Å². The van der Waals surface area contributed by atoms with Gasteiger partial charge in [-0.2, -0.15) is 0 Å². The fraction of sp³-hybridized carbons (Fsp3) is 0.176. The number of rotatable bonds is 3. The number of aromatic carboxylic acids is 1. The SMILES string of the molecule is CC(C)n1c(C(=O)O)nc2c(-c3cc(F)cc(F)c3F)cccc21.[LiH]. The summed E-state index contributed by atoms with van der Waals surface area (Å²) in [7, 11) is 0. The van der Waals surface area contributed by atoms with Gasteiger partial charge < -0.3 is 9.67 Å². The molecule has 0 radical (unpaired) electrons. The van der Waals surface area contributed by atoms with Gasteiger partial charge in [0, 0.05) is 23.2 Å². The van der Waals surface area contributed by atoms with Crippen molar-refractivity contribution >= 4 is 35.9 Å². The molecule has 0 fully saturated rings. The topological polar surface area (TPSA) is 55.1 Å². The molecule has 0 aliphatic heterocycles. The summed E-state index contributed by atoms with van der Waals surface area (Å²) in [5.74, 6) is -4.91. The van der Waals surface area contributed by atoms with Crippen molar-refractivity contribution in [2.45, 2.75) is 19.9 Å². The number of hydrogen-bond acceptors (Lipinski definition) is 2. The second-order valence-electron chi connectivity index (χ2n) is 5.63. The van der Waals surface area contributed by atoms with Gasteiger partial charge in [-0.1, -0.05) is 12.1 Å². The molecule has 4 nitrogen and oxygen atoms in total. The summed E-state index contributed by atoms with van der Waals surface area (Å²) < 4.78 is 42.6. The van der Waals surface area contributed by atoms with Crippen LogP contribution in [0.25, 0.3) is 22.2 Å². The van der Waals surface area contributed by atoms with Crippen LogP contribution in [0.4, 0.5) is 13.2 Å². The molecular formula is C17H14F3LiN2O2. The summed E-state index contributed by atoms with van der Waals surface area (Å²) >= 11 is 0. The quantitative estimate of drug-likeness (QED) is 0.583. The monoisotopic (exact) mass is 342 g/mol.